The minimum absolute atomic E-state index is 0.138. The SMILES string of the molecule is CCNC(=O)n1cnc2ccccc21. The van der Waals surface area contributed by atoms with Crippen molar-refractivity contribution in [3.8, 4) is 0 Å². The van der Waals surface area contributed by atoms with Crippen molar-refractivity contribution < 1.29 is 4.79 Å². The number of imidazole rings is 1. The second-order valence-corrected chi connectivity index (χ2v) is 2.94. The highest BCUT2D eigenvalue weighted by molar-refractivity contribution is 5.88. The van der Waals surface area contributed by atoms with Crippen molar-refractivity contribution in [3.63, 3.8) is 0 Å². The quantitative estimate of drug-likeness (QED) is 0.740. The summed E-state index contributed by atoms with van der Waals surface area (Å²) < 4.78 is 1.51. The van der Waals surface area contributed by atoms with Gasteiger partial charge in [0.05, 0.1) is 11.0 Å². The van der Waals surface area contributed by atoms with E-state index in [1.165, 1.54) is 10.9 Å². The molecule has 0 saturated heterocycles. The third-order valence-electron chi connectivity index (χ3n) is 2.00. The summed E-state index contributed by atoms with van der Waals surface area (Å²) in [7, 11) is 0. The van der Waals surface area contributed by atoms with Crippen molar-refractivity contribution in [2.24, 2.45) is 0 Å². The van der Waals surface area contributed by atoms with Crippen LogP contribution in [-0.2, 0) is 0 Å². The Morgan fingerprint density at radius 3 is 3.07 bits per heavy atom. The molecule has 2 aromatic rings. The molecule has 4 heteroatoms. The number of carbonyl (C=O) groups is 1. The fraction of sp³-hybridized carbons (Fsp3) is 0.200. The monoisotopic (exact) mass is 189 g/mol. The molecule has 0 aliphatic heterocycles. The first-order valence-corrected chi connectivity index (χ1v) is 4.53. The van der Waals surface area contributed by atoms with Crippen LogP contribution < -0.4 is 5.32 Å². The van der Waals surface area contributed by atoms with Crippen LogP contribution in [0.3, 0.4) is 0 Å². The molecule has 0 radical (unpaired) electrons. The first-order valence-electron chi connectivity index (χ1n) is 4.53. The second-order valence-electron chi connectivity index (χ2n) is 2.94. The van der Waals surface area contributed by atoms with E-state index in [4.69, 9.17) is 0 Å². The molecule has 0 unspecified atom stereocenters. The second kappa shape index (κ2) is 3.49. The summed E-state index contributed by atoms with van der Waals surface area (Å²) in [6, 6.07) is 7.40. The summed E-state index contributed by atoms with van der Waals surface area (Å²) in [5, 5.41) is 2.72. The minimum Gasteiger partial charge on any atom is -0.338 e. The lowest BCUT2D eigenvalue weighted by molar-refractivity contribution is 0.243. The fourth-order valence-corrected chi connectivity index (χ4v) is 1.36. The van der Waals surface area contributed by atoms with Crippen molar-refractivity contribution in [1.29, 1.82) is 0 Å². The van der Waals surface area contributed by atoms with Gasteiger partial charge < -0.3 is 5.32 Å². The van der Waals surface area contributed by atoms with Crippen molar-refractivity contribution >= 4 is 17.1 Å². The molecular weight excluding hydrogens is 178 g/mol. The Balaban J connectivity index is 2.47. The molecule has 2 rings (SSSR count). The molecular formula is C10H11N3O. The summed E-state index contributed by atoms with van der Waals surface area (Å²) in [6.45, 7) is 2.50. The van der Waals surface area contributed by atoms with E-state index in [2.05, 4.69) is 10.3 Å². The zero-order chi connectivity index (χ0) is 9.97. The van der Waals surface area contributed by atoms with E-state index in [0.29, 0.717) is 6.54 Å². The maximum atomic E-state index is 11.5. The highest BCUT2D eigenvalue weighted by atomic mass is 16.2. The summed E-state index contributed by atoms with van der Waals surface area (Å²) in [5.41, 5.74) is 1.66. The molecule has 1 aromatic carbocycles. The molecule has 4 nitrogen and oxygen atoms in total. The normalized spacial score (nSPS) is 10.4. The van der Waals surface area contributed by atoms with Gasteiger partial charge in [0.25, 0.3) is 0 Å². The topological polar surface area (TPSA) is 46.9 Å². The van der Waals surface area contributed by atoms with Crippen LogP contribution in [0.5, 0.6) is 0 Å². The Morgan fingerprint density at radius 1 is 1.50 bits per heavy atom. The van der Waals surface area contributed by atoms with Gasteiger partial charge in [-0.1, -0.05) is 12.1 Å². The van der Waals surface area contributed by atoms with Gasteiger partial charge in [-0.05, 0) is 19.1 Å². The number of aromatic nitrogens is 2. The average Bonchev–Trinajstić information content (AvgIpc) is 2.61. The van der Waals surface area contributed by atoms with Gasteiger partial charge >= 0.3 is 6.03 Å². The first-order chi connectivity index (χ1) is 6.83. The van der Waals surface area contributed by atoms with Crippen molar-refractivity contribution in [3.05, 3.63) is 30.6 Å². The van der Waals surface area contributed by atoms with Crippen LogP contribution in [0.25, 0.3) is 11.0 Å². The Morgan fingerprint density at radius 2 is 2.29 bits per heavy atom. The van der Waals surface area contributed by atoms with Gasteiger partial charge in [-0.3, -0.25) is 4.57 Å². The van der Waals surface area contributed by atoms with Crippen molar-refractivity contribution in [2.75, 3.05) is 6.54 Å². The summed E-state index contributed by atoms with van der Waals surface area (Å²) in [6.07, 6.45) is 1.54. The Kier molecular flexibility index (Phi) is 2.18. The van der Waals surface area contributed by atoms with Crippen LogP contribution in [0.1, 0.15) is 6.92 Å². The zero-order valence-electron chi connectivity index (χ0n) is 7.90. The number of nitrogens with zero attached hydrogens (tertiary/aromatic N) is 2. The number of carbonyl (C=O) groups excluding carboxylic acids is 1. The van der Waals surface area contributed by atoms with E-state index < -0.39 is 0 Å². The van der Waals surface area contributed by atoms with Crippen LogP contribution in [0.2, 0.25) is 0 Å². The zero-order valence-corrected chi connectivity index (χ0v) is 7.90. The lowest BCUT2D eigenvalue weighted by Gasteiger charge is -2.02. The van der Waals surface area contributed by atoms with Gasteiger partial charge in [0.1, 0.15) is 6.33 Å². The Bertz CT molecular complexity index is 461. The average molecular weight is 189 g/mol. The summed E-state index contributed by atoms with van der Waals surface area (Å²) >= 11 is 0. The molecule has 0 saturated carbocycles. The summed E-state index contributed by atoms with van der Waals surface area (Å²) in [5.74, 6) is 0. The van der Waals surface area contributed by atoms with Crippen LogP contribution in [0.4, 0.5) is 4.79 Å². The number of fused-ring (bicyclic) bond motifs is 1. The maximum Gasteiger partial charge on any atom is 0.327 e. The smallest absolute Gasteiger partial charge is 0.327 e. The third kappa shape index (κ3) is 1.35. The molecule has 0 aliphatic carbocycles. The van der Waals surface area contributed by atoms with Gasteiger partial charge in [0, 0.05) is 6.54 Å². The number of hydrogen-bond acceptors (Lipinski definition) is 2. The molecule has 1 amide bonds. The molecule has 0 fully saturated rings. The van der Waals surface area contributed by atoms with E-state index in [-0.39, 0.29) is 6.03 Å². The van der Waals surface area contributed by atoms with E-state index in [0.717, 1.165) is 11.0 Å². The van der Waals surface area contributed by atoms with E-state index >= 15 is 0 Å². The predicted molar refractivity (Wildman–Crippen MR) is 54.2 cm³/mol. The third-order valence-corrected chi connectivity index (χ3v) is 2.00. The van der Waals surface area contributed by atoms with E-state index in [1.807, 2.05) is 31.2 Å². The first kappa shape index (κ1) is 8.74. The molecule has 0 atom stereocenters. The highest BCUT2D eigenvalue weighted by Gasteiger charge is 2.06. The number of nitrogens with one attached hydrogen (secondary N) is 1. The van der Waals surface area contributed by atoms with Crippen molar-refractivity contribution in [2.45, 2.75) is 6.92 Å². The van der Waals surface area contributed by atoms with Gasteiger partial charge in [-0.2, -0.15) is 0 Å². The van der Waals surface area contributed by atoms with Crippen molar-refractivity contribution in [1.82, 2.24) is 14.9 Å². The molecule has 14 heavy (non-hydrogen) atoms. The molecule has 0 aliphatic rings. The molecule has 0 spiro atoms. The van der Waals surface area contributed by atoms with E-state index in [1.54, 1.807) is 0 Å². The number of benzene rings is 1. The van der Waals surface area contributed by atoms with Gasteiger partial charge in [-0.15, -0.1) is 0 Å². The Hall–Kier alpha value is -1.84. The fourth-order valence-electron chi connectivity index (χ4n) is 1.36. The molecule has 1 aromatic heterocycles. The molecule has 72 valence electrons. The highest BCUT2D eigenvalue weighted by Crippen LogP contribution is 2.10. The van der Waals surface area contributed by atoms with Gasteiger partial charge in [-0.25, -0.2) is 9.78 Å². The minimum atomic E-state index is -0.138. The van der Waals surface area contributed by atoms with Gasteiger partial charge in [0.15, 0.2) is 0 Å². The largest absolute Gasteiger partial charge is 0.338 e. The van der Waals surface area contributed by atoms with Gasteiger partial charge in [0.2, 0.25) is 0 Å². The number of para-hydroxylation sites is 2. The maximum absolute atomic E-state index is 11.5. The number of rotatable bonds is 1. The summed E-state index contributed by atoms with van der Waals surface area (Å²) in [4.78, 5) is 15.7. The number of amides is 1. The molecule has 1 heterocycles. The molecule has 0 bridgehead atoms. The Labute approximate surface area is 81.6 Å². The number of hydrogen-bond donors (Lipinski definition) is 1. The lowest BCUT2D eigenvalue weighted by atomic mass is 10.3. The van der Waals surface area contributed by atoms with E-state index in [9.17, 15) is 4.79 Å². The van der Waals surface area contributed by atoms with Crippen LogP contribution in [0, 0.1) is 0 Å². The standard InChI is InChI=1S/C10H11N3O/c1-2-11-10(14)13-7-12-8-5-3-4-6-9(8)13/h3-7H,2H2,1H3,(H,11,14). The predicted octanol–water partition coefficient (Wildman–Crippen LogP) is 1.61. The van der Waals surface area contributed by atoms with Crippen LogP contribution >= 0.6 is 0 Å². The lowest BCUT2D eigenvalue weighted by Crippen LogP contribution is -2.27. The van der Waals surface area contributed by atoms with Crippen LogP contribution in [0.15, 0.2) is 30.6 Å². The molecule has 1 N–H and O–H groups in total. The van der Waals surface area contributed by atoms with Crippen LogP contribution in [-0.4, -0.2) is 22.1 Å².